The summed E-state index contributed by atoms with van der Waals surface area (Å²) in [5.41, 5.74) is 17.5. The molecule has 0 fully saturated rings. The van der Waals surface area contributed by atoms with Crippen molar-refractivity contribution in [3.8, 4) is 113 Å². The monoisotopic (exact) mass is 1280 g/mol. The lowest BCUT2D eigenvalue weighted by Gasteiger charge is -2.11. The lowest BCUT2D eigenvalue weighted by molar-refractivity contribution is 1.06. The van der Waals surface area contributed by atoms with E-state index in [1.807, 2.05) is 133 Å². The second-order valence-electron chi connectivity index (χ2n) is 24.7. The fourth-order valence-electron chi connectivity index (χ4n) is 13.2. The van der Waals surface area contributed by atoms with Gasteiger partial charge in [-0.15, -0.1) is 0 Å². The second-order valence-corrected chi connectivity index (χ2v) is 24.7. The molecule has 0 atom stereocenters. The molecular weight excluding hydrogens is 1220 g/mol. The maximum Gasteiger partial charge on any atom is 0.182 e. The van der Waals surface area contributed by atoms with Crippen LogP contribution in [0.25, 0.3) is 189 Å². The number of hydrogen-bond acceptors (Lipinski definition) is 10. The van der Waals surface area contributed by atoms with Gasteiger partial charge in [0.15, 0.2) is 34.9 Å². The van der Waals surface area contributed by atoms with Crippen LogP contribution >= 0.6 is 0 Å². The van der Waals surface area contributed by atoms with Crippen molar-refractivity contribution >= 4 is 75.9 Å². The zero-order valence-electron chi connectivity index (χ0n) is 53.8. The molecule has 19 rings (SSSR count). The largest absolute Gasteiger partial charge is 0.248 e. The van der Waals surface area contributed by atoms with Gasteiger partial charge in [-0.05, 0) is 133 Å². The number of nitrogens with zero attached hydrogens (tertiary/aromatic N) is 10. The van der Waals surface area contributed by atoms with Crippen molar-refractivity contribution < 1.29 is 0 Å². The number of hydrogen-bond donors (Lipinski definition) is 0. The van der Waals surface area contributed by atoms with E-state index in [-0.39, 0.29) is 0 Å². The number of benzene rings is 13. The average molecular weight is 1280 g/mol. The summed E-state index contributed by atoms with van der Waals surface area (Å²) in [7, 11) is 0. The van der Waals surface area contributed by atoms with E-state index in [9.17, 15) is 0 Å². The van der Waals surface area contributed by atoms with Crippen molar-refractivity contribution in [2.24, 2.45) is 0 Å². The Hall–Kier alpha value is -13.7. The summed E-state index contributed by atoms with van der Waals surface area (Å²) in [6.45, 7) is 0. The van der Waals surface area contributed by atoms with Gasteiger partial charge in [0, 0.05) is 54.9 Å². The summed E-state index contributed by atoms with van der Waals surface area (Å²) in [5, 5.41) is 11.7. The van der Waals surface area contributed by atoms with Gasteiger partial charge < -0.3 is 0 Å². The van der Waals surface area contributed by atoms with E-state index in [1.54, 1.807) is 0 Å². The molecule has 0 saturated heterocycles. The molecule has 466 valence electrons. The van der Waals surface area contributed by atoms with Crippen molar-refractivity contribution in [3.63, 3.8) is 0 Å². The lowest BCUT2D eigenvalue weighted by Crippen LogP contribution is -2.01. The van der Waals surface area contributed by atoms with E-state index < -0.39 is 0 Å². The topological polar surface area (TPSA) is 129 Å². The maximum absolute atomic E-state index is 5.15. The minimum atomic E-state index is 0.539. The first kappa shape index (κ1) is 58.8. The maximum atomic E-state index is 5.15. The van der Waals surface area contributed by atoms with Crippen molar-refractivity contribution in [1.29, 1.82) is 0 Å². The fraction of sp³-hybridized carbons (Fsp3) is 0. The van der Waals surface area contributed by atoms with Gasteiger partial charge in [-0.2, -0.15) is 0 Å². The Balaban J connectivity index is 0.000000145. The van der Waals surface area contributed by atoms with Gasteiger partial charge in [-0.1, -0.05) is 261 Å². The van der Waals surface area contributed by atoms with Crippen molar-refractivity contribution in [2.75, 3.05) is 0 Å². The van der Waals surface area contributed by atoms with Crippen LogP contribution < -0.4 is 0 Å². The van der Waals surface area contributed by atoms with Gasteiger partial charge in [0.05, 0.1) is 33.5 Å². The van der Waals surface area contributed by atoms with E-state index in [0.717, 1.165) is 111 Å². The van der Waals surface area contributed by atoms with E-state index in [4.69, 9.17) is 49.8 Å². The molecule has 13 aromatic carbocycles. The minimum absolute atomic E-state index is 0.539. The van der Waals surface area contributed by atoms with Gasteiger partial charge in [0.1, 0.15) is 11.4 Å². The minimum Gasteiger partial charge on any atom is -0.248 e. The molecule has 0 amide bonds. The highest BCUT2D eigenvalue weighted by Crippen LogP contribution is 2.37. The molecule has 0 spiro atoms. The number of rotatable bonds is 10. The number of aromatic nitrogens is 10. The van der Waals surface area contributed by atoms with Crippen LogP contribution in [0.2, 0.25) is 0 Å². The van der Waals surface area contributed by atoms with E-state index in [2.05, 4.69) is 206 Å². The third-order valence-corrected chi connectivity index (χ3v) is 18.4. The van der Waals surface area contributed by atoms with Gasteiger partial charge in [0.2, 0.25) is 0 Å². The van der Waals surface area contributed by atoms with E-state index >= 15 is 0 Å². The second kappa shape index (κ2) is 25.5. The molecule has 19 aromatic rings. The molecule has 0 aliphatic carbocycles. The Morgan fingerprint density at radius 2 is 0.460 bits per heavy atom. The summed E-state index contributed by atoms with van der Waals surface area (Å²) in [6.07, 6.45) is 0. The highest BCUT2D eigenvalue weighted by atomic mass is 15.1. The predicted octanol–water partition coefficient (Wildman–Crippen LogP) is 22.1. The van der Waals surface area contributed by atoms with Crippen LogP contribution in [0.3, 0.4) is 0 Å². The number of fused-ring (bicyclic) bond motifs is 8. The molecular formula is C90H56N10. The first-order valence-electron chi connectivity index (χ1n) is 33.3. The summed E-state index contributed by atoms with van der Waals surface area (Å²) < 4.78 is 0. The molecule has 0 bridgehead atoms. The molecule has 6 heterocycles. The van der Waals surface area contributed by atoms with E-state index in [1.165, 1.54) is 32.3 Å². The quantitative estimate of drug-likeness (QED) is 0.122. The molecule has 100 heavy (non-hydrogen) atoms. The van der Waals surface area contributed by atoms with Crippen molar-refractivity contribution in [1.82, 2.24) is 49.8 Å². The van der Waals surface area contributed by atoms with Crippen molar-refractivity contribution in [2.45, 2.75) is 0 Å². The van der Waals surface area contributed by atoms with Crippen LogP contribution in [-0.4, -0.2) is 49.8 Å². The standard InChI is InChI=1S/C47H29N5.C43H27N5/c1-3-11-32(12-4-1)45-50-46(33-13-5-2-6-14-33)52-47(51-45)43-27-23-37-29-35(21-25-41(37)49-43)34-20-24-40-36(28-34)22-26-42(48-40)39-17-9-15-31-19-18-30-10-7-8-16-38(30)44(31)39;1-3-10-29(11-4-1)41-46-42(30-12-5-2-6-13-30)48-43(47-41)40-24-20-36-27-33(18-22-39(36)45-40)32-17-21-37-35(26-32)19-23-38(44-37)34-16-15-28-9-7-8-14-31(28)25-34/h1-29H;1-27H. The molecule has 0 N–H and O–H groups in total. The zero-order chi connectivity index (χ0) is 66.3. The fourth-order valence-corrected chi connectivity index (χ4v) is 13.2. The van der Waals surface area contributed by atoms with E-state index in [0.29, 0.717) is 46.3 Å². The summed E-state index contributed by atoms with van der Waals surface area (Å²) in [5.74, 6) is 3.55. The lowest BCUT2D eigenvalue weighted by atomic mass is 9.95. The third kappa shape index (κ3) is 11.6. The van der Waals surface area contributed by atoms with Crippen LogP contribution in [0, 0.1) is 0 Å². The van der Waals surface area contributed by atoms with Crippen molar-refractivity contribution in [3.05, 3.63) is 340 Å². The Labute approximate surface area is 575 Å². The molecule has 0 aliphatic rings. The predicted molar refractivity (Wildman–Crippen MR) is 408 cm³/mol. The molecule has 0 radical (unpaired) electrons. The Kier molecular flexibility index (Phi) is 15.0. The van der Waals surface area contributed by atoms with Gasteiger partial charge in [-0.3, -0.25) is 0 Å². The highest BCUT2D eigenvalue weighted by Gasteiger charge is 2.18. The zero-order valence-corrected chi connectivity index (χ0v) is 53.8. The van der Waals surface area contributed by atoms with Crippen LogP contribution in [0.1, 0.15) is 0 Å². The molecule has 6 aromatic heterocycles. The first-order chi connectivity index (χ1) is 49.5. The van der Waals surface area contributed by atoms with Crippen LogP contribution in [-0.2, 0) is 0 Å². The van der Waals surface area contributed by atoms with Gasteiger partial charge in [-0.25, -0.2) is 49.8 Å². The molecule has 0 saturated carbocycles. The molecule has 10 nitrogen and oxygen atoms in total. The molecule has 10 heteroatoms. The van der Waals surface area contributed by atoms with Crippen LogP contribution in [0.5, 0.6) is 0 Å². The number of pyridine rings is 4. The Bertz CT molecular complexity index is 6240. The highest BCUT2D eigenvalue weighted by molar-refractivity contribution is 6.14. The SMILES string of the molecule is c1ccc(-c2nc(-c3ccccc3)nc(-c3ccc4cc(-c5ccc6nc(-c7ccc8ccccc8c7)ccc6c5)ccc4n3)n2)cc1.c1ccc(-c2nc(-c3ccccc3)nc(-c3ccc4cc(-c5ccc6nc(-c7cccc8ccc9ccccc9c78)ccc6c5)ccc4n3)n2)cc1. The van der Waals surface area contributed by atoms with Crippen LogP contribution in [0.4, 0.5) is 0 Å². The first-order valence-corrected chi connectivity index (χ1v) is 33.3. The third-order valence-electron chi connectivity index (χ3n) is 18.4. The summed E-state index contributed by atoms with van der Waals surface area (Å²) >= 11 is 0. The van der Waals surface area contributed by atoms with Gasteiger partial charge in [0.25, 0.3) is 0 Å². The Morgan fingerprint density at radius 1 is 0.150 bits per heavy atom. The smallest absolute Gasteiger partial charge is 0.182 e. The van der Waals surface area contributed by atoms with Crippen LogP contribution in [0.15, 0.2) is 340 Å². The Morgan fingerprint density at radius 3 is 0.920 bits per heavy atom. The summed E-state index contributed by atoms with van der Waals surface area (Å²) in [4.78, 5) is 49.2. The summed E-state index contributed by atoms with van der Waals surface area (Å²) in [6, 6.07) is 117. The molecule has 0 unspecified atom stereocenters. The van der Waals surface area contributed by atoms with Gasteiger partial charge >= 0.3 is 0 Å². The molecule has 0 aliphatic heterocycles. The average Bonchev–Trinajstić information content (AvgIpc) is 0.772. The normalized spacial score (nSPS) is 11.4.